The number of hydrogen-bond donors (Lipinski definition) is 2. The number of hydrogen-bond acceptors (Lipinski definition) is 3. The maximum Gasteiger partial charge on any atom is 0.256 e. The van der Waals surface area contributed by atoms with Crippen LogP contribution in [0, 0.1) is 11.3 Å². The van der Waals surface area contributed by atoms with Gasteiger partial charge in [-0.3, -0.25) is 4.79 Å². The van der Waals surface area contributed by atoms with E-state index in [9.17, 15) is 4.79 Å². The second-order valence-electron chi connectivity index (χ2n) is 8.12. The van der Waals surface area contributed by atoms with E-state index in [1.165, 1.54) is 16.9 Å². The molecule has 1 aliphatic carbocycles. The monoisotopic (exact) mass is 418 g/mol. The Morgan fingerprint density at radius 3 is 2.56 bits per heavy atom. The van der Waals surface area contributed by atoms with E-state index in [1.54, 1.807) is 11.3 Å². The Morgan fingerprint density at radius 1 is 1.16 bits per heavy atom. The molecular formula is C20H23BrN2OS. The summed E-state index contributed by atoms with van der Waals surface area (Å²) < 4.78 is 1.04. The van der Waals surface area contributed by atoms with Gasteiger partial charge in [0.25, 0.3) is 5.91 Å². The highest BCUT2D eigenvalue weighted by Gasteiger charge is 2.36. The number of fused-ring (bicyclic) bond motifs is 3. The summed E-state index contributed by atoms with van der Waals surface area (Å²) in [5.74, 6) is 0.749. The highest BCUT2D eigenvalue weighted by molar-refractivity contribution is 9.10. The zero-order valence-corrected chi connectivity index (χ0v) is 17.2. The van der Waals surface area contributed by atoms with Gasteiger partial charge in [0.2, 0.25) is 0 Å². The van der Waals surface area contributed by atoms with Gasteiger partial charge in [-0.25, -0.2) is 0 Å². The third-order valence-corrected chi connectivity index (χ3v) is 7.19. The molecule has 1 aliphatic heterocycles. The lowest BCUT2D eigenvalue weighted by Crippen LogP contribution is -2.38. The molecule has 1 aromatic carbocycles. The van der Waals surface area contributed by atoms with E-state index >= 15 is 0 Å². The average Bonchev–Trinajstić information content (AvgIpc) is 2.92. The van der Waals surface area contributed by atoms with E-state index in [0.29, 0.717) is 11.3 Å². The number of benzene rings is 1. The third-order valence-electron chi connectivity index (χ3n) is 5.47. The van der Waals surface area contributed by atoms with Crippen molar-refractivity contribution in [3.05, 3.63) is 50.3 Å². The molecule has 0 spiro atoms. The largest absolute Gasteiger partial charge is 0.353 e. The standard InChI is InChI=1S/C20H23BrN2OS/c1-20(2,3)12-6-9-14-15(10-12)25-19-16(14)18(24)22-17(23-19)11-4-7-13(21)8-5-11/h4-5,7-8,12,17,23H,6,9-10H2,1-3H3,(H,22,24)/t12-,17-/m1/s1. The first-order chi connectivity index (χ1) is 11.8. The fourth-order valence-electron chi connectivity index (χ4n) is 3.86. The molecule has 5 heteroatoms. The van der Waals surface area contributed by atoms with E-state index < -0.39 is 0 Å². The maximum atomic E-state index is 12.8. The zero-order chi connectivity index (χ0) is 17.8. The lowest BCUT2D eigenvalue weighted by molar-refractivity contribution is 0.0935. The molecule has 2 N–H and O–H groups in total. The summed E-state index contributed by atoms with van der Waals surface area (Å²) in [7, 11) is 0. The SMILES string of the molecule is CC(C)(C)[C@@H]1CCc2c(sc3c2C(=O)N[C@@H](c2ccc(Br)cc2)N3)C1. The fraction of sp³-hybridized carbons (Fsp3) is 0.450. The van der Waals surface area contributed by atoms with E-state index in [0.717, 1.165) is 33.4 Å². The van der Waals surface area contributed by atoms with Gasteiger partial charge in [0.15, 0.2) is 0 Å². The molecule has 2 heterocycles. The fourth-order valence-corrected chi connectivity index (χ4v) is 5.48. The van der Waals surface area contributed by atoms with Crippen LogP contribution in [0.25, 0.3) is 0 Å². The Labute approximate surface area is 161 Å². The summed E-state index contributed by atoms with van der Waals surface area (Å²) in [5, 5.41) is 7.71. The second-order valence-corrected chi connectivity index (χ2v) is 10.1. The van der Waals surface area contributed by atoms with Crippen molar-refractivity contribution in [3.8, 4) is 0 Å². The lowest BCUT2D eigenvalue weighted by atomic mass is 9.72. The second kappa shape index (κ2) is 6.13. The molecular weight excluding hydrogens is 396 g/mol. The van der Waals surface area contributed by atoms with Crippen molar-refractivity contribution >= 4 is 38.2 Å². The summed E-state index contributed by atoms with van der Waals surface area (Å²) >= 11 is 5.24. The van der Waals surface area contributed by atoms with Crippen LogP contribution in [0.2, 0.25) is 0 Å². The summed E-state index contributed by atoms with van der Waals surface area (Å²) in [6, 6.07) is 8.09. The summed E-state index contributed by atoms with van der Waals surface area (Å²) in [4.78, 5) is 14.2. The van der Waals surface area contributed by atoms with Crippen molar-refractivity contribution in [2.45, 2.75) is 46.2 Å². The van der Waals surface area contributed by atoms with Crippen molar-refractivity contribution in [1.82, 2.24) is 5.32 Å². The molecule has 1 aromatic heterocycles. The minimum Gasteiger partial charge on any atom is -0.353 e. The predicted octanol–water partition coefficient (Wildman–Crippen LogP) is 5.52. The normalized spacial score (nSPS) is 22.6. The Morgan fingerprint density at radius 2 is 1.88 bits per heavy atom. The van der Waals surface area contributed by atoms with Crippen molar-refractivity contribution in [2.75, 3.05) is 5.32 Å². The minimum atomic E-state index is -0.161. The van der Waals surface area contributed by atoms with Crippen LogP contribution in [0.5, 0.6) is 0 Å². The Balaban J connectivity index is 1.64. The number of thiophene rings is 1. The van der Waals surface area contributed by atoms with Gasteiger partial charge in [-0.05, 0) is 53.9 Å². The Bertz CT molecular complexity index is 819. The van der Waals surface area contributed by atoms with Gasteiger partial charge in [0, 0.05) is 9.35 Å². The van der Waals surface area contributed by atoms with Gasteiger partial charge in [-0.1, -0.05) is 48.8 Å². The van der Waals surface area contributed by atoms with E-state index in [2.05, 4.69) is 47.3 Å². The first-order valence-electron chi connectivity index (χ1n) is 8.80. The van der Waals surface area contributed by atoms with Gasteiger partial charge in [0.1, 0.15) is 11.2 Å². The van der Waals surface area contributed by atoms with Crippen molar-refractivity contribution in [1.29, 1.82) is 0 Å². The average molecular weight is 419 g/mol. The van der Waals surface area contributed by atoms with E-state index in [4.69, 9.17) is 0 Å². The number of carbonyl (C=O) groups excluding carboxylic acids is 1. The van der Waals surface area contributed by atoms with Crippen LogP contribution in [0.1, 0.15) is 59.7 Å². The highest BCUT2D eigenvalue weighted by atomic mass is 79.9. The highest BCUT2D eigenvalue weighted by Crippen LogP contribution is 2.46. The van der Waals surface area contributed by atoms with Crippen LogP contribution in [0.15, 0.2) is 28.7 Å². The number of anilines is 1. The molecule has 0 saturated carbocycles. The molecule has 0 unspecified atom stereocenters. The van der Waals surface area contributed by atoms with Gasteiger partial charge in [-0.2, -0.15) is 0 Å². The van der Waals surface area contributed by atoms with Crippen LogP contribution in [0.4, 0.5) is 5.00 Å². The van der Waals surface area contributed by atoms with Crippen LogP contribution in [-0.4, -0.2) is 5.91 Å². The molecule has 132 valence electrons. The summed E-state index contributed by atoms with van der Waals surface area (Å²) in [6.07, 6.45) is 3.12. The molecule has 0 radical (unpaired) electrons. The van der Waals surface area contributed by atoms with Gasteiger partial charge in [0.05, 0.1) is 5.56 Å². The molecule has 0 fully saturated rings. The van der Waals surface area contributed by atoms with Crippen molar-refractivity contribution in [3.63, 3.8) is 0 Å². The van der Waals surface area contributed by atoms with Crippen LogP contribution >= 0.6 is 27.3 Å². The van der Waals surface area contributed by atoms with Crippen molar-refractivity contribution < 1.29 is 4.79 Å². The smallest absolute Gasteiger partial charge is 0.256 e. The van der Waals surface area contributed by atoms with Crippen molar-refractivity contribution in [2.24, 2.45) is 11.3 Å². The topological polar surface area (TPSA) is 41.1 Å². The zero-order valence-electron chi connectivity index (χ0n) is 14.8. The molecule has 0 saturated heterocycles. The van der Waals surface area contributed by atoms with Gasteiger partial charge >= 0.3 is 0 Å². The van der Waals surface area contributed by atoms with Crippen LogP contribution in [-0.2, 0) is 12.8 Å². The maximum absolute atomic E-state index is 12.8. The van der Waals surface area contributed by atoms with E-state index in [1.807, 2.05) is 24.3 Å². The number of nitrogens with one attached hydrogen (secondary N) is 2. The quantitative estimate of drug-likeness (QED) is 0.640. The van der Waals surface area contributed by atoms with E-state index in [-0.39, 0.29) is 12.1 Å². The van der Waals surface area contributed by atoms with Crippen LogP contribution in [0.3, 0.4) is 0 Å². The Hall–Kier alpha value is -1.33. The third kappa shape index (κ3) is 3.13. The molecule has 2 aliphatic rings. The number of halogens is 1. The molecule has 0 bridgehead atoms. The molecule has 1 amide bonds. The molecule has 4 rings (SSSR count). The van der Waals surface area contributed by atoms with Gasteiger partial charge < -0.3 is 10.6 Å². The predicted molar refractivity (Wildman–Crippen MR) is 107 cm³/mol. The van der Waals surface area contributed by atoms with Crippen LogP contribution < -0.4 is 10.6 Å². The number of rotatable bonds is 1. The molecule has 3 nitrogen and oxygen atoms in total. The minimum absolute atomic E-state index is 0.0633. The number of carbonyl (C=O) groups is 1. The number of amides is 1. The first-order valence-corrected chi connectivity index (χ1v) is 10.4. The summed E-state index contributed by atoms with van der Waals surface area (Å²) in [5.41, 5.74) is 3.55. The molecule has 2 atom stereocenters. The first kappa shape index (κ1) is 17.1. The summed E-state index contributed by atoms with van der Waals surface area (Å²) in [6.45, 7) is 6.97. The lowest BCUT2D eigenvalue weighted by Gasteiger charge is -2.34. The van der Waals surface area contributed by atoms with Gasteiger partial charge in [-0.15, -0.1) is 11.3 Å². The molecule has 2 aromatic rings. The molecule has 25 heavy (non-hydrogen) atoms. The Kier molecular flexibility index (Phi) is 4.19.